The standard InChI is InChI=1S/C17H23N3O2/c1-11(14-8-6-7-9-16(14)22-5)18-17(21)10-15-12(2)19-20(4)13(15)3/h6-9,11H,10H2,1-5H3,(H,18,21)/t11-/m0/s1. The Morgan fingerprint density at radius 1 is 1.36 bits per heavy atom. The predicted octanol–water partition coefficient (Wildman–Crippen LogP) is 2.47. The van der Waals surface area contributed by atoms with Crippen LogP contribution in [0.3, 0.4) is 0 Å². The van der Waals surface area contributed by atoms with Gasteiger partial charge in [0.25, 0.3) is 0 Å². The van der Waals surface area contributed by atoms with Crippen LogP contribution in [0.1, 0.15) is 35.5 Å². The number of hydrogen-bond acceptors (Lipinski definition) is 3. The molecule has 0 aliphatic rings. The van der Waals surface area contributed by atoms with E-state index in [1.807, 2.05) is 56.8 Å². The van der Waals surface area contributed by atoms with Crippen molar-refractivity contribution in [3.63, 3.8) is 0 Å². The van der Waals surface area contributed by atoms with E-state index in [0.717, 1.165) is 28.3 Å². The molecule has 1 heterocycles. The number of carbonyl (C=O) groups excluding carboxylic acids is 1. The third-order valence-electron chi connectivity index (χ3n) is 3.98. The van der Waals surface area contributed by atoms with Gasteiger partial charge in [-0.05, 0) is 26.8 Å². The first-order valence-corrected chi connectivity index (χ1v) is 7.35. The number of methoxy groups -OCH3 is 1. The number of rotatable bonds is 5. The molecule has 118 valence electrons. The molecule has 2 aromatic rings. The van der Waals surface area contributed by atoms with Gasteiger partial charge in [-0.3, -0.25) is 9.48 Å². The van der Waals surface area contributed by atoms with Gasteiger partial charge >= 0.3 is 0 Å². The van der Waals surface area contributed by atoms with Gasteiger partial charge in [-0.2, -0.15) is 5.10 Å². The maximum Gasteiger partial charge on any atom is 0.225 e. The average Bonchev–Trinajstić information content (AvgIpc) is 2.73. The van der Waals surface area contributed by atoms with E-state index in [-0.39, 0.29) is 11.9 Å². The van der Waals surface area contributed by atoms with Gasteiger partial charge in [-0.1, -0.05) is 18.2 Å². The Morgan fingerprint density at radius 3 is 2.64 bits per heavy atom. The number of nitrogens with one attached hydrogen (secondary N) is 1. The van der Waals surface area contributed by atoms with Crippen LogP contribution in [0.2, 0.25) is 0 Å². The van der Waals surface area contributed by atoms with Crippen molar-refractivity contribution in [3.05, 3.63) is 46.8 Å². The summed E-state index contributed by atoms with van der Waals surface area (Å²) in [6.07, 6.45) is 0.338. The van der Waals surface area contributed by atoms with Crippen LogP contribution in [0, 0.1) is 13.8 Å². The lowest BCUT2D eigenvalue weighted by molar-refractivity contribution is -0.121. The number of benzene rings is 1. The summed E-state index contributed by atoms with van der Waals surface area (Å²) in [5, 5.41) is 7.37. The Kier molecular flexibility index (Phi) is 4.85. The van der Waals surface area contributed by atoms with Crippen LogP contribution in [0.4, 0.5) is 0 Å². The molecule has 5 nitrogen and oxygen atoms in total. The smallest absolute Gasteiger partial charge is 0.225 e. The summed E-state index contributed by atoms with van der Waals surface area (Å²) in [5.41, 5.74) is 3.89. The summed E-state index contributed by atoms with van der Waals surface area (Å²) in [7, 11) is 3.52. The molecule has 0 bridgehead atoms. The lowest BCUT2D eigenvalue weighted by atomic mass is 10.1. The average molecular weight is 301 g/mol. The Labute approximate surface area is 131 Å². The zero-order valence-corrected chi connectivity index (χ0v) is 13.8. The largest absolute Gasteiger partial charge is 0.496 e. The van der Waals surface area contributed by atoms with E-state index in [0.29, 0.717) is 6.42 Å². The Morgan fingerprint density at radius 2 is 2.05 bits per heavy atom. The molecule has 22 heavy (non-hydrogen) atoms. The third-order valence-corrected chi connectivity index (χ3v) is 3.98. The van der Waals surface area contributed by atoms with Gasteiger partial charge in [0.05, 0.1) is 25.3 Å². The number of hydrogen-bond donors (Lipinski definition) is 1. The lowest BCUT2D eigenvalue weighted by Crippen LogP contribution is -2.28. The fourth-order valence-corrected chi connectivity index (χ4v) is 2.63. The molecule has 0 radical (unpaired) electrons. The normalized spacial score (nSPS) is 12.0. The second kappa shape index (κ2) is 6.64. The zero-order valence-electron chi connectivity index (χ0n) is 13.8. The van der Waals surface area contributed by atoms with Gasteiger partial charge in [-0.25, -0.2) is 0 Å². The maximum absolute atomic E-state index is 12.3. The van der Waals surface area contributed by atoms with Crippen molar-refractivity contribution in [3.8, 4) is 5.75 Å². The first kappa shape index (κ1) is 16.1. The molecule has 0 saturated carbocycles. The van der Waals surface area contributed by atoms with E-state index in [2.05, 4.69) is 10.4 Å². The second-order valence-electron chi connectivity index (χ2n) is 5.48. The van der Waals surface area contributed by atoms with Crippen LogP contribution in [0.5, 0.6) is 5.75 Å². The topological polar surface area (TPSA) is 56.1 Å². The molecule has 5 heteroatoms. The number of amides is 1. The van der Waals surface area contributed by atoms with E-state index >= 15 is 0 Å². The molecule has 0 aliphatic carbocycles. The molecule has 0 saturated heterocycles. The van der Waals surface area contributed by atoms with Gasteiger partial charge in [0.1, 0.15) is 5.75 Å². The van der Waals surface area contributed by atoms with E-state index in [4.69, 9.17) is 4.74 Å². The molecular weight excluding hydrogens is 278 g/mol. The highest BCUT2D eigenvalue weighted by Crippen LogP contribution is 2.24. The van der Waals surface area contributed by atoms with Crippen LogP contribution in [-0.2, 0) is 18.3 Å². The summed E-state index contributed by atoms with van der Waals surface area (Å²) >= 11 is 0. The van der Waals surface area contributed by atoms with Gasteiger partial charge in [0, 0.05) is 23.9 Å². The van der Waals surface area contributed by atoms with E-state index < -0.39 is 0 Å². The van der Waals surface area contributed by atoms with Crippen molar-refractivity contribution in [1.82, 2.24) is 15.1 Å². The highest BCUT2D eigenvalue weighted by Gasteiger charge is 2.17. The van der Waals surface area contributed by atoms with Crippen molar-refractivity contribution in [2.45, 2.75) is 33.2 Å². The fraction of sp³-hybridized carbons (Fsp3) is 0.412. The zero-order chi connectivity index (χ0) is 16.3. The van der Waals surface area contributed by atoms with Crippen LogP contribution in [0.15, 0.2) is 24.3 Å². The van der Waals surface area contributed by atoms with E-state index in [9.17, 15) is 4.79 Å². The molecule has 0 fully saturated rings. The number of ether oxygens (including phenoxy) is 1. The number of aryl methyl sites for hydroxylation is 2. The van der Waals surface area contributed by atoms with Crippen molar-refractivity contribution < 1.29 is 9.53 Å². The minimum absolute atomic E-state index is 0.0161. The van der Waals surface area contributed by atoms with Crippen molar-refractivity contribution >= 4 is 5.91 Å². The lowest BCUT2D eigenvalue weighted by Gasteiger charge is -2.17. The summed E-state index contributed by atoms with van der Waals surface area (Å²) in [6.45, 7) is 5.87. The van der Waals surface area contributed by atoms with E-state index in [1.54, 1.807) is 7.11 Å². The van der Waals surface area contributed by atoms with Crippen molar-refractivity contribution in [1.29, 1.82) is 0 Å². The fourth-order valence-electron chi connectivity index (χ4n) is 2.63. The Bertz CT molecular complexity index is 677. The quantitative estimate of drug-likeness (QED) is 0.923. The minimum Gasteiger partial charge on any atom is -0.496 e. The maximum atomic E-state index is 12.3. The first-order chi connectivity index (χ1) is 10.4. The predicted molar refractivity (Wildman–Crippen MR) is 85.9 cm³/mol. The first-order valence-electron chi connectivity index (χ1n) is 7.35. The number of para-hydroxylation sites is 1. The second-order valence-corrected chi connectivity index (χ2v) is 5.48. The monoisotopic (exact) mass is 301 g/mol. The molecule has 1 amide bonds. The van der Waals surface area contributed by atoms with Crippen LogP contribution in [0.25, 0.3) is 0 Å². The third kappa shape index (κ3) is 3.30. The van der Waals surface area contributed by atoms with Gasteiger partial charge in [0.15, 0.2) is 0 Å². The highest BCUT2D eigenvalue weighted by molar-refractivity contribution is 5.79. The molecule has 1 N–H and O–H groups in total. The van der Waals surface area contributed by atoms with E-state index in [1.165, 1.54) is 0 Å². The van der Waals surface area contributed by atoms with Gasteiger partial charge in [-0.15, -0.1) is 0 Å². The number of carbonyl (C=O) groups is 1. The van der Waals surface area contributed by atoms with Gasteiger partial charge < -0.3 is 10.1 Å². The summed E-state index contributed by atoms with van der Waals surface area (Å²) in [6, 6.07) is 7.60. The minimum atomic E-state index is -0.110. The van der Waals surface area contributed by atoms with Crippen molar-refractivity contribution in [2.75, 3.05) is 7.11 Å². The van der Waals surface area contributed by atoms with Crippen LogP contribution >= 0.6 is 0 Å². The van der Waals surface area contributed by atoms with Crippen LogP contribution < -0.4 is 10.1 Å². The van der Waals surface area contributed by atoms with Crippen LogP contribution in [-0.4, -0.2) is 22.8 Å². The number of nitrogens with zero attached hydrogens (tertiary/aromatic N) is 2. The molecule has 0 aliphatic heterocycles. The van der Waals surface area contributed by atoms with Gasteiger partial charge in [0.2, 0.25) is 5.91 Å². The molecule has 1 aromatic heterocycles. The Hall–Kier alpha value is -2.30. The Balaban J connectivity index is 2.08. The molecule has 0 unspecified atom stereocenters. The summed E-state index contributed by atoms with van der Waals surface area (Å²) in [5.74, 6) is 0.765. The molecule has 0 spiro atoms. The van der Waals surface area contributed by atoms with Crippen molar-refractivity contribution in [2.24, 2.45) is 7.05 Å². The number of aromatic nitrogens is 2. The highest BCUT2D eigenvalue weighted by atomic mass is 16.5. The molecule has 1 atom stereocenters. The summed E-state index contributed by atoms with van der Waals surface area (Å²) < 4.78 is 7.15. The molecule has 2 rings (SSSR count). The molecular formula is C17H23N3O2. The summed E-state index contributed by atoms with van der Waals surface area (Å²) in [4.78, 5) is 12.3. The molecule has 1 aromatic carbocycles. The SMILES string of the molecule is COc1ccccc1[C@H](C)NC(=O)Cc1c(C)nn(C)c1C.